The summed E-state index contributed by atoms with van der Waals surface area (Å²) in [6.07, 6.45) is 8.47. The fraction of sp³-hybridized carbons (Fsp3) is 0.0833. The van der Waals surface area contributed by atoms with Gasteiger partial charge in [-0.05, 0) is 78.6 Å². The minimum Gasteiger partial charge on any atom is -0.264 e. The second kappa shape index (κ2) is 9.42. The van der Waals surface area contributed by atoms with E-state index in [1.807, 2.05) is 30.7 Å². The SMILES string of the molecule is CC1CC=Nc2ccc3ccc(-c4cc(-c5cccnc5)cc(-c5ccc6ccc7ncccc7c6n5)c4)nc3c21. The van der Waals surface area contributed by atoms with Crippen LogP contribution in [-0.2, 0) is 0 Å². The lowest BCUT2D eigenvalue weighted by molar-refractivity contribution is 0.807. The number of benzene rings is 3. The number of aromatic nitrogens is 4. The average molecular weight is 528 g/mol. The zero-order chi connectivity index (χ0) is 27.3. The summed E-state index contributed by atoms with van der Waals surface area (Å²) in [5.41, 5.74) is 11.2. The Morgan fingerprint density at radius 2 is 1.37 bits per heavy atom. The molecule has 0 saturated heterocycles. The Morgan fingerprint density at radius 1 is 0.659 bits per heavy atom. The number of rotatable bonds is 3. The largest absolute Gasteiger partial charge is 0.264 e. The van der Waals surface area contributed by atoms with Gasteiger partial charge < -0.3 is 0 Å². The topological polar surface area (TPSA) is 63.9 Å². The summed E-state index contributed by atoms with van der Waals surface area (Å²) in [4.78, 5) is 24.0. The van der Waals surface area contributed by atoms with Gasteiger partial charge in [0.2, 0.25) is 0 Å². The van der Waals surface area contributed by atoms with Crippen molar-refractivity contribution in [1.29, 1.82) is 0 Å². The van der Waals surface area contributed by atoms with Crippen molar-refractivity contribution in [3.8, 4) is 33.6 Å². The molecule has 5 heterocycles. The Labute approximate surface area is 237 Å². The van der Waals surface area contributed by atoms with E-state index in [0.29, 0.717) is 5.92 Å². The van der Waals surface area contributed by atoms with Crippen molar-refractivity contribution in [2.24, 2.45) is 4.99 Å². The first-order valence-electron chi connectivity index (χ1n) is 13.9. The molecule has 0 fully saturated rings. The number of aliphatic imine (C=N–C) groups is 1. The lowest BCUT2D eigenvalue weighted by Gasteiger charge is -2.19. The molecule has 3 aromatic carbocycles. The zero-order valence-corrected chi connectivity index (χ0v) is 22.5. The highest BCUT2D eigenvalue weighted by atomic mass is 14.8. The third kappa shape index (κ3) is 4.05. The summed E-state index contributed by atoms with van der Waals surface area (Å²) in [6, 6.07) is 31.6. The summed E-state index contributed by atoms with van der Waals surface area (Å²) in [6.45, 7) is 2.25. The molecule has 7 aromatic rings. The first kappa shape index (κ1) is 23.6. The predicted molar refractivity (Wildman–Crippen MR) is 168 cm³/mol. The smallest absolute Gasteiger partial charge is 0.0803 e. The van der Waals surface area contributed by atoms with Crippen LogP contribution in [0.5, 0.6) is 0 Å². The van der Waals surface area contributed by atoms with Gasteiger partial charge in [-0.1, -0.05) is 37.3 Å². The van der Waals surface area contributed by atoms with Crippen LogP contribution >= 0.6 is 0 Å². The molecule has 5 heteroatoms. The van der Waals surface area contributed by atoms with Crippen molar-refractivity contribution < 1.29 is 0 Å². The van der Waals surface area contributed by atoms with Gasteiger partial charge in [-0.15, -0.1) is 0 Å². The van der Waals surface area contributed by atoms with E-state index in [0.717, 1.165) is 78.5 Å². The molecule has 41 heavy (non-hydrogen) atoms. The number of hydrogen-bond donors (Lipinski definition) is 0. The number of pyridine rings is 4. The van der Waals surface area contributed by atoms with E-state index in [1.165, 1.54) is 5.56 Å². The van der Waals surface area contributed by atoms with Gasteiger partial charge in [-0.25, -0.2) is 9.97 Å². The van der Waals surface area contributed by atoms with Gasteiger partial charge in [0.1, 0.15) is 0 Å². The van der Waals surface area contributed by atoms with Crippen LogP contribution in [0.3, 0.4) is 0 Å². The molecule has 0 amide bonds. The first-order chi connectivity index (χ1) is 20.2. The molecule has 0 saturated carbocycles. The molecule has 0 aliphatic carbocycles. The quantitative estimate of drug-likeness (QED) is 0.215. The molecule has 0 spiro atoms. The standard InChI is InChI=1S/C36H25N5/c1-22-14-17-39-33-13-9-24-7-11-31(41-36(24)34(22)33)28-19-26(25-4-2-15-37-21-25)18-27(20-28)30-10-6-23-8-12-32-29(35(23)40-30)5-3-16-38-32/h2-13,15-22H,14H2,1H3. The normalized spacial score (nSPS) is 14.5. The van der Waals surface area contributed by atoms with Gasteiger partial charge in [0.25, 0.3) is 0 Å². The maximum absolute atomic E-state index is 5.25. The number of hydrogen-bond acceptors (Lipinski definition) is 5. The molecular weight excluding hydrogens is 502 g/mol. The third-order valence-electron chi connectivity index (χ3n) is 8.02. The molecule has 0 bridgehead atoms. The van der Waals surface area contributed by atoms with E-state index in [2.05, 4.69) is 101 Å². The maximum Gasteiger partial charge on any atom is 0.0803 e. The van der Waals surface area contributed by atoms with Gasteiger partial charge in [-0.2, -0.15) is 0 Å². The summed E-state index contributed by atoms with van der Waals surface area (Å²) >= 11 is 0. The summed E-state index contributed by atoms with van der Waals surface area (Å²) in [5.74, 6) is 0.373. The number of nitrogens with zero attached hydrogens (tertiary/aromatic N) is 5. The van der Waals surface area contributed by atoms with Gasteiger partial charge in [0.15, 0.2) is 0 Å². The van der Waals surface area contributed by atoms with Crippen LogP contribution in [-0.4, -0.2) is 26.2 Å². The highest BCUT2D eigenvalue weighted by Gasteiger charge is 2.19. The van der Waals surface area contributed by atoms with Crippen LogP contribution < -0.4 is 0 Å². The van der Waals surface area contributed by atoms with E-state index in [-0.39, 0.29) is 0 Å². The van der Waals surface area contributed by atoms with Crippen LogP contribution in [0.25, 0.3) is 66.4 Å². The van der Waals surface area contributed by atoms with Crippen LogP contribution in [0.15, 0.2) is 115 Å². The molecule has 0 radical (unpaired) electrons. The fourth-order valence-electron chi connectivity index (χ4n) is 5.91. The Balaban J connectivity index is 1.35. The van der Waals surface area contributed by atoms with Gasteiger partial charge >= 0.3 is 0 Å². The summed E-state index contributed by atoms with van der Waals surface area (Å²) in [5, 5.41) is 3.28. The molecule has 4 aromatic heterocycles. The van der Waals surface area contributed by atoms with E-state index < -0.39 is 0 Å². The van der Waals surface area contributed by atoms with Crippen molar-refractivity contribution in [3.63, 3.8) is 0 Å². The van der Waals surface area contributed by atoms with Crippen LogP contribution in [0.1, 0.15) is 24.8 Å². The van der Waals surface area contributed by atoms with Crippen molar-refractivity contribution in [2.45, 2.75) is 19.3 Å². The number of fused-ring (bicyclic) bond motifs is 6. The van der Waals surface area contributed by atoms with E-state index in [1.54, 1.807) is 6.20 Å². The fourth-order valence-corrected chi connectivity index (χ4v) is 5.91. The van der Waals surface area contributed by atoms with Crippen molar-refractivity contribution >= 4 is 44.6 Å². The molecule has 1 aliphatic heterocycles. The zero-order valence-electron chi connectivity index (χ0n) is 22.5. The highest BCUT2D eigenvalue weighted by Crippen LogP contribution is 2.39. The summed E-state index contributed by atoms with van der Waals surface area (Å²) in [7, 11) is 0. The lowest BCUT2D eigenvalue weighted by Crippen LogP contribution is -2.02. The van der Waals surface area contributed by atoms with Crippen molar-refractivity contribution in [3.05, 3.63) is 115 Å². The maximum atomic E-state index is 5.25. The second-order valence-electron chi connectivity index (χ2n) is 10.7. The van der Waals surface area contributed by atoms with Crippen LogP contribution in [0.4, 0.5) is 5.69 Å². The highest BCUT2D eigenvalue weighted by molar-refractivity contribution is 6.04. The molecule has 0 N–H and O–H groups in total. The Bertz CT molecular complexity index is 2150. The van der Waals surface area contributed by atoms with Gasteiger partial charge in [0, 0.05) is 63.2 Å². The summed E-state index contributed by atoms with van der Waals surface area (Å²) < 4.78 is 0. The van der Waals surface area contributed by atoms with Crippen LogP contribution in [0, 0.1) is 0 Å². The second-order valence-corrected chi connectivity index (χ2v) is 10.7. The average Bonchev–Trinajstić information content (AvgIpc) is 3.04. The monoisotopic (exact) mass is 527 g/mol. The molecular formula is C36H25N5. The van der Waals surface area contributed by atoms with Gasteiger partial charge in [-0.3, -0.25) is 15.0 Å². The molecule has 194 valence electrons. The van der Waals surface area contributed by atoms with Crippen molar-refractivity contribution in [1.82, 2.24) is 19.9 Å². The van der Waals surface area contributed by atoms with Crippen LogP contribution in [0.2, 0.25) is 0 Å². The van der Waals surface area contributed by atoms with Gasteiger partial charge in [0.05, 0.1) is 33.6 Å². The minimum atomic E-state index is 0.373. The molecule has 5 nitrogen and oxygen atoms in total. The Morgan fingerprint density at radius 3 is 2.17 bits per heavy atom. The molecule has 1 unspecified atom stereocenters. The van der Waals surface area contributed by atoms with Crippen molar-refractivity contribution in [2.75, 3.05) is 0 Å². The molecule has 8 rings (SSSR count). The van der Waals surface area contributed by atoms with E-state index >= 15 is 0 Å². The van der Waals surface area contributed by atoms with E-state index in [4.69, 9.17) is 9.97 Å². The van der Waals surface area contributed by atoms with E-state index in [9.17, 15) is 0 Å². The Hall–Kier alpha value is -5.29. The lowest BCUT2D eigenvalue weighted by atomic mass is 9.91. The predicted octanol–water partition coefficient (Wildman–Crippen LogP) is 8.94. The third-order valence-corrected chi connectivity index (χ3v) is 8.02. The first-order valence-corrected chi connectivity index (χ1v) is 13.9. The Kier molecular flexibility index (Phi) is 5.42. The molecule has 1 atom stereocenters. The minimum absolute atomic E-state index is 0.373. The molecule has 1 aliphatic rings.